The second-order valence-corrected chi connectivity index (χ2v) is 6.91. The summed E-state index contributed by atoms with van der Waals surface area (Å²) in [4.78, 5) is 14.5. The average molecular weight is 400 g/mol. The van der Waals surface area contributed by atoms with Gasteiger partial charge in [0.05, 0.1) is 24.5 Å². The summed E-state index contributed by atoms with van der Waals surface area (Å²) in [7, 11) is 0. The Labute approximate surface area is 154 Å². The van der Waals surface area contributed by atoms with Gasteiger partial charge >= 0.3 is 0 Å². The average Bonchev–Trinajstić information content (AvgIpc) is 2.95. The zero-order chi connectivity index (χ0) is 17.2. The van der Waals surface area contributed by atoms with Crippen LogP contribution in [0.2, 0.25) is 0 Å². The molecule has 0 aliphatic carbocycles. The standard InChI is InChI=1S/C19H18BrN3O2/c20-13-1-6-16-17(19(24)22-18(16)11-13)12-21-14-2-4-15(5-3-14)23-7-9-25-10-8-23/h1-6,11-12,21H,7-10H2,(H,22,24). The Morgan fingerprint density at radius 1 is 1.12 bits per heavy atom. The molecule has 2 aliphatic heterocycles. The van der Waals surface area contributed by atoms with Crippen LogP contribution in [0.3, 0.4) is 0 Å². The zero-order valence-corrected chi connectivity index (χ0v) is 15.2. The van der Waals surface area contributed by atoms with Crippen molar-refractivity contribution >= 4 is 44.5 Å². The van der Waals surface area contributed by atoms with Gasteiger partial charge < -0.3 is 20.3 Å². The molecule has 2 aliphatic rings. The highest BCUT2D eigenvalue weighted by molar-refractivity contribution is 9.10. The van der Waals surface area contributed by atoms with E-state index in [9.17, 15) is 4.79 Å². The predicted molar refractivity (Wildman–Crippen MR) is 104 cm³/mol. The van der Waals surface area contributed by atoms with Crippen molar-refractivity contribution in [2.45, 2.75) is 0 Å². The van der Waals surface area contributed by atoms with Crippen LogP contribution in [0.4, 0.5) is 17.1 Å². The van der Waals surface area contributed by atoms with Crippen molar-refractivity contribution in [1.82, 2.24) is 0 Å². The molecular formula is C19H18BrN3O2. The number of hydrogen-bond acceptors (Lipinski definition) is 4. The van der Waals surface area contributed by atoms with E-state index in [1.165, 1.54) is 5.69 Å². The van der Waals surface area contributed by atoms with Gasteiger partial charge in [-0.05, 0) is 36.4 Å². The van der Waals surface area contributed by atoms with Gasteiger partial charge in [-0.15, -0.1) is 0 Å². The summed E-state index contributed by atoms with van der Waals surface area (Å²) < 4.78 is 6.33. The monoisotopic (exact) mass is 399 g/mol. The van der Waals surface area contributed by atoms with Gasteiger partial charge in [0, 0.05) is 40.7 Å². The molecule has 0 radical (unpaired) electrons. The third kappa shape index (κ3) is 3.41. The number of carbonyl (C=O) groups is 1. The number of halogens is 1. The van der Waals surface area contributed by atoms with E-state index in [0.717, 1.165) is 47.7 Å². The molecule has 4 rings (SSSR count). The maximum absolute atomic E-state index is 12.2. The number of benzene rings is 2. The van der Waals surface area contributed by atoms with E-state index in [4.69, 9.17) is 4.74 Å². The number of nitrogens with zero attached hydrogens (tertiary/aromatic N) is 1. The summed E-state index contributed by atoms with van der Waals surface area (Å²) in [5.41, 5.74) is 4.51. The van der Waals surface area contributed by atoms with Gasteiger partial charge in [-0.3, -0.25) is 4.79 Å². The summed E-state index contributed by atoms with van der Waals surface area (Å²) in [6.45, 7) is 3.39. The molecule has 128 valence electrons. The number of ether oxygens (including phenoxy) is 1. The molecule has 5 nitrogen and oxygen atoms in total. The van der Waals surface area contributed by atoms with Crippen molar-refractivity contribution < 1.29 is 9.53 Å². The Hall–Kier alpha value is -2.31. The molecule has 2 heterocycles. The van der Waals surface area contributed by atoms with Crippen LogP contribution in [0.5, 0.6) is 0 Å². The Morgan fingerprint density at radius 2 is 1.88 bits per heavy atom. The summed E-state index contributed by atoms with van der Waals surface area (Å²) in [6, 6.07) is 14.0. The maximum atomic E-state index is 12.2. The van der Waals surface area contributed by atoms with E-state index in [1.54, 1.807) is 6.20 Å². The summed E-state index contributed by atoms with van der Waals surface area (Å²) in [5.74, 6) is -0.0921. The van der Waals surface area contributed by atoms with Crippen LogP contribution in [0.1, 0.15) is 5.56 Å². The normalized spacial score (nSPS) is 18.2. The number of carbonyl (C=O) groups excluding carboxylic acids is 1. The first-order chi connectivity index (χ1) is 12.2. The first-order valence-electron chi connectivity index (χ1n) is 8.21. The van der Waals surface area contributed by atoms with Gasteiger partial charge in [0.1, 0.15) is 0 Å². The van der Waals surface area contributed by atoms with Crippen LogP contribution >= 0.6 is 15.9 Å². The van der Waals surface area contributed by atoms with E-state index in [0.29, 0.717) is 5.57 Å². The van der Waals surface area contributed by atoms with Crippen LogP contribution in [0.25, 0.3) is 5.57 Å². The highest BCUT2D eigenvalue weighted by Gasteiger charge is 2.24. The number of morpholine rings is 1. The molecule has 0 atom stereocenters. The van der Waals surface area contributed by atoms with Crippen LogP contribution < -0.4 is 15.5 Å². The minimum absolute atomic E-state index is 0.0921. The van der Waals surface area contributed by atoms with Crippen molar-refractivity contribution in [2.75, 3.05) is 41.8 Å². The van der Waals surface area contributed by atoms with E-state index in [2.05, 4.69) is 43.6 Å². The van der Waals surface area contributed by atoms with Crippen molar-refractivity contribution in [3.05, 3.63) is 58.7 Å². The molecule has 0 aromatic heterocycles. The number of amides is 1. The number of fused-ring (bicyclic) bond motifs is 1. The first kappa shape index (κ1) is 16.2. The Morgan fingerprint density at radius 3 is 2.64 bits per heavy atom. The number of anilines is 3. The van der Waals surface area contributed by atoms with Gasteiger partial charge in [-0.2, -0.15) is 0 Å². The van der Waals surface area contributed by atoms with Gasteiger partial charge in [0.25, 0.3) is 5.91 Å². The van der Waals surface area contributed by atoms with Gasteiger partial charge in [-0.1, -0.05) is 22.0 Å². The Bertz CT molecular complexity index is 827. The molecule has 0 unspecified atom stereocenters. The topological polar surface area (TPSA) is 53.6 Å². The molecule has 2 aromatic rings. The highest BCUT2D eigenvalue weighted by atomic mass is 79.9. The van der Waals surface area contributed by atoms with Gasteiger partial charge in [-0.25, -0.2) is 0 Å². The minimum atomic E-state index is -0.0921. The number of nitrogens with one attached hydrogen (secondary N) is 2. The summed E-state index contributed by atoms with van der Waals surface area (Å²) in [5, 5.41) is 6.11. The van der Waals surface area contributed by atoms with E-state index in [1.807, 2.05) is 30.3 Å². The fourth-order valence-corrected chi connectivity index (χ4v) is 3.42. The fourth-order valence-electron chi connectivity index (χ4n) is 3.06. The zero-order valence-electron chi connectivity index (χ0n) is 13.6. The SMILES string of the molecule is O=C1Nc2cc(Br)ccc2C1=CNc1ccc(N2CCOCC2)cc1. The van der Waals surface area contributed by atoms with Gasteiger partial charge in [0.2, 0.25) is 0 Å². The number of hydrogen-bond donors (Lipinski definition) is 2. The van der Waals surface area contributed by atoms with Crippen molar-refractivity contribution in [3.8, 4) is 0 Å². The predicted octanol–water partition coefficient (Wildman–Crippen LogP) is 3.69. The fraction of sp³-hybridized carbons (Fsp3) is 0.211. The first-order valence-corrected chi connectivity index (χ1v) is 9.01. The lowest BCUT2D eigenvalue weighted by molar-refractivity contribution is -0.110. The third-order valence-corrected chi connectivity index (χ3v) is 4.88. The van der Waals surface area contributed by atoms with E-state index < -0.39 is 0 Å². The molecule has 0 spiro atoms. The summed E-state index contributed by atoms with van der Waals surface area (Å²) in [6.07, 6.45) is 1.76. The van der Waals surface area contributed by atoms with Gasteiger partial charge in [0.15, 0.2) is 0 Å². The van der Waals surface area contributed by atoms with E-state index >= 15 is 0 Å². The van der Waals surface area contributed by atoms with Crippen molar-refractivity contribution in [3.63, 3.8) is 0 Å². The molecule has 2 N–H and O–H groups in total. The number of rotatable bonds is 3. The van der Waals surface area contributed by atoms with Crippen molar-refractivity contribution in [2.24, 2.45) is 0 Å². The van der Waals surface area contributed by atoms with Crippen LogP contribution in [-0.2, 0) is 9.53 Å². The molecular weight excluding hydrogens is 382 g/mol. The van der Waals surface area contributed by atoms with Crippen LogP contribution in [0.15, 0.2) is 53.1 Å². The molecule has 2 aromatic carbocycles. The second kappa shape index (κ2) is 6.90. The lowest BCUT2D eigenvalue weighted by Crippen LogP contribution is -2.36. The quantitative estimate of drug-likeness (QED) is 0.772. The highest BCUT2D eigenvalue weighted by Crippen LogP contribution is 2.33. The second-order valence-electron chi connectivity index (χ2n) is 5.99. The molecule has 6 heteroatoms. The molecule has 1 fully saturated rings. The molecule has 25 heavy (non-hydrogen) atoms. The minimum Gasteiger partial charge on any atom is -0.378 e. The van der Waals surface area contributed by atoms with E-state index in [-0.39, 0.29) is 5.91 Å². The lowest BCUT2D eigenvalue weighted by atomic mass is 10.1. The maximum Gasteiger partial charge on any atom is 0.257 e. The smallest absolute Gasteiger partial charge is 0.257 e. The molecule has 1 saturated heterocycles. The lowest BCUT2D eigenvalue weighted by Gasteiger charge is -2.28. The Kier molecular flexibility index (Phi) is 4.46. The third-order valence-electron chi connectivity index (χ3n) is 4.39. The van der Waals surface area contributed by atoms with Crippen molar-refractivity contribution in [1.29, 1.82) is 0 Å². The Balaban J connectivity index is 1.49. The summed E-state index contributed by atoms with van der Waals surface area (Å²) >= 11 is 3.42. The molecule has 1 amide bonds. The van der Waals surface area contributed by atoms with Crippen LogP contribution in [0, 0.1) is 0 Å². The molecule has 0 saturated carbocycles. The largest absolute Gasteiger partial charge is 0.378 e. The van der Waals surface area contributed by atoms with Crippen LogP contribution in [-0.4, -0.2) is 32.2 Å². The molecule has 0 bridgehead atoms.